The van der Waals surface area contributed by atoms with Gasteiger partial charge in [-0.15, -0.1) is 0 Å². The third-order valence-electron chi connectivity index (χ3n) is 2.58. The van der Waals surface area contributed by atoms with Crippen LogP contribution >= 0.6 is 23.5 Å². The molecule has 0 saturated heterocycles. The molecule has 0 unspecified atom stereocenters. The van der Waals surface area contributed by atoms with E-state index in [2.05, 4.69) is 33.8 Å². The van der Waals surface area contributed by atoms with E-state index in [9.17, 15) is 0 Å². The molecule has 0 bridgehead atoms. The second-order valence-corrected chi connectivity index (χ2v) is 5.89. The molecule has 0 atom stereocenters. The van der Waals surface area contributed by atoms with Gasteiger partial charge >= 0.3 is 0 Å². The lowest BCUT2D eigenvalue weighted by atomic mass is 10.2. The Bertz CT molecular complexity index is 360. The highest BCUT2D eigenvalue weighted by molar-refractivity contribution is 7.98. The molecule has 1 aromatic rings. The number of rotatable bonds is 10. The Morgan fingerprint density at radius 2 is 1.79 bits per heavy atom. The van der Waals surface area contributed by atoms with Crippen LogP contribution < -0.4 is 10.6 Å². The Morgan fingerprint density at radius 1 is 1.05 bits per heavy atom. The third-order valence-corrected chi connectivity index (χ3v) is 3.82. The molecule has 6 heteroatoms. The van der Waals surface area contributed by atoms with Crippen LogP contribution in [0, 0.1) is 0 Å². The molecule has 0 aliphatic carbocycles. The maximum atomic E-state index is 4.46. The van der Waals surface area contributed by atoms with Gasteiger partial charge in [-0.1, -0.05) is 18.2 Å². The predicted octanol–water partition coefficient (Wildman–Crippen LogP) is 3.58. The lowest BCUT2D eigenvalue weighted by Gasteiger charge is -2.09. The molecule has 1 rings (SSSR count). The number of anilines is 2. The van der Waals surface area contributed by atoms with Crippen molar-refractivity contribution in [3.63, 3.8) is 0 Å². The van der Waals surface area contributed by atoms with Crippen LogP contribution in [0.4, 0.5) is 11.6 Å². The van der Waals surface area contributed by atoms with Gasteiger partial charge in [-0.05, 0) is 38.0 Å². The summed E-state index contributed by atoms with van der Waals surface area (Å²) in [5.74, 6) is 3.07. The number of nitrogens with zero attached hydrogens (tertiary/aromatic N) is 2. The minimum atomic E-state index is 0.809. The number of hydrogen-bond donors (Lipinski definition) is 2. The van der Waals surface area contributed by atoms with E-state index >= 15 is 0 Å². The first kappa shape index (κ1) is 16.4. The van der Waals surface area contributed by atoms with E-state index in [1.54, 1.807) is 11.8 Å². The summed E-state index contributed by atoms with van der Waals surface area (Å²) in [6.45, 7) is 3.92. The van der Waals surface area contributed by atoms with Gasteiger partial charge in [-0.25, -0.2) is 9.97 Å². The summed E-state index contributed by atoms with van der Waals surface area (Å²) in [5, 5.41) is 7.43. The van der Waals surface area contributed by atoms with Gasteiger partial charge in [-0.3, -0.25) is 0 Å². The fourth-order valence-electron chi connectivity index (χ4n) is 1.64. The molecule has 2 N–H and O–H groups in total. The monoisotopic (exact) mass is 300 g/mol. The average molecular weight is 300 g/mol. The van der Waals surface area contributed by atoms with Crippen LogP contribution in [0.15, 0.2) is 11.2 Å². The highest BCUT2D eigenvalue weighted by Crippen LogP contribution is 2.17. The van der Waals surface area contributed by atoms with E-state index in [-0.39, 0.29) is 0 Å². The number of aromatic nitrogens is 2. The fraction of sp³-hybridized carbons (Fsp3) is 0.692. The van der Waals surface area contributed by atoms with Gasteiger partial charge in [0.25, 0.3) is 0 Å². The fourth-order valence-corrected chi connectivity index (χ4v) is 2.52. The standard InChI is InChI=1S/C13H24N4S2/c1-4-14-11-10-12(17-13(16-11)19-3)15-8-6-5-7-9-18-2/h10H,4-9H2,1-3H3,(H2,14,15,16,17). The van der Waals surface area contributed by atoms with Crippen molar-refractivity contribution in [1.29, 1.82) is 0 Å². The second kappa shape index (κ2) is 10.2. The normalized spacial score (nSPS) is 10.5. The van der Waals surface area contributed by atoms with Crippen LogP contribution in [-0.2, 0) is 0 Å². The Morgan fingerprint density at radius 3 is 2.42 bits per heavy atom. The van der Waals surface area contributed by atoms with Gasteiger partial charge in [0.05, 0.1) is 0 Å². The molecule has 1 heterocycles. The van der Waals surface area contributed by atoms with E-state index in [0.717, 1.165) is 29.9 Å². The minimum Gasteiger partial charge on any atom is -0.370 e. The van der Waals surface area contributed by atoms with Gasteiger partial charge in [0.2, 0.25) is 0 Å². The molecule has 0 spiro atoms. The zero-order valence-electron chi connectivity index (χ0n) is 12.0. The summed E-state index contributed by atoms with van der Waals surface area (Å²) in [4.78, 5) is 8.87. The summed E-state index contributed by atoms with van der Waals surface area (Å²) >= 11 is 3.48. The molecule has 0 radical (unpaired) electrons. The Kier molecular flexibility index (Phi) is 8.82. The molecule has 0 amide bonds. The second-order valence-electron chi connectivity index (χ2n) is 4.14. The van der Waals surface area contributed by atoms with Gasteiger partial charge in [-0.2, -0.15) is 11.8 Å². The molecule has 0 fully saturated rings. The van der Waals surface area contributed by atoms with Crippen molar-refractivity contribution in [1.82, 2.24) is 9.97 Å². The van der Waals surface area contributed by atoms with E-state index in [4.69, 9.17) is 0 Å². The van der Waals surface area contributed by atoms with Crippen molar-refractivity contribution in [2.45, 2.75) is 31.3 Å². The first-order valence-electron chi connectivity index (χ1n) is 6.70. The molecule has 19 heavy (non-hydrogen) atoms. The third kappa shape index (κ3) is 6.92. The highest BCUT2D eigenvalue weighted by Gasteiger charge is 2.02. The molecular weight excluding hydrogens is 276 g/mol. The Hall–Kier alpha value is -0.620. The Balaban J connectivity index is 2.41. The van der Waals surface area contributed by atoms with Gasteiger partial charge in [0, 0.05) is 19.2 Å². The van der Waals surface area contributed by atoms with Crippen molar-refractivity contribution in [2.24, 2.45) is 0 Å². The topological polar surface area (TPSA) is 49.8 Å². The van der Waals surface area contributed by atoms with Crippen LogP contribution in [0.1, 0.15) is 26.2 Å². The SMILES string of the molecule is CCNc1cc(NCCCCCSC)nc(SC)n1. The summed E-state index contributed by atoms with van der Waals surface area (Å²) in [7, 11) is 0. The number of unbranched alkanes of at least 4 members (excludes halogenated alkanes) is 2. The molecule has 0 saturated carbocycles. The lowest BCUT2D eigenvalue weighted by molar-refractivity contribution is 0.747. The van der Waals surface area contributed by atoms with Crippen molar-refractivity contribution >= 4 is 35.2 Å². The summed E-state index contributed by atoms with van der Waals surface area (Å²) in [6, 6.07) is 1.98. The van der Waals surface area contributed by atoms with Crippen molar-refractivity contribution in [3.05, 3.63) is 6.07 Å². The molecule has 108 valence electrons. The first-order valence-corrected chi connectivity index (χ1v) is 9.31. The van der Waals surface area contributed by atoms with Crippen LogP contribution in [0.2, 0.25) is 0 Å². The molecule has 0 aliphatic rings. The summed E-state index contributed by atoms with van der Waals surface area (Å²) < 4.78 is 0. The maximum absolute atomic E-state index is 4.46. The lowest BCUT2D eigenvalue weighted by Crippen LogP contribution is -2.07. The molecule has 0 aromatic carbocycles. The number of thioether (sulfide) groups is 2. The quantitative estimate of drug-likeness (QED) is 0.391. The van der Waals surface area contributed by atoms with Crippen LogP contribution in [0.5, 0.6) is 0 Å². The van der Waals surface area contributed by atoms with E-state index in [1.165, 1.54) is 25.0 Å². The van der Waals surface area contributed by atoms with Crippen molar-refractivity contribution in [3.8, 4) is 0 Å². The zero-order chi connectivity index (χ0) is 13.9. The molecule has 1 aromatic heterocycles. The van der Waals surface area contributed by atoms with Crippen LogP contribution in [0.25, 0.3) is 0 Å². The van der Waals surface area contributed by atoms with E-state index in [0.29, 0.717) is 0 Å². The van der Waals surface area contributed by atoms with E-state index in [1.807, 2.05) is 24.1 Å². The average Bonchev–Trinajstić information content (AvgIpc) is 2.43. The minimum absolute atomic E-state index is 0.809. The van der Waals surface area contributed by atoms with Crippen molar-refractivity contribution in [2.75, 3.05) is 42.0 Å². The smallest absolute Gasteiger partial charge is 0.191 e. The number of hydrogen-bond acceptors (Lipinski definition) is 6. The maximum Gasteiger partial charge on any atom is 0.191 e. The largest absolute Gasteiger partial charge is 0.370 e. The van der Waals surface area contributed by atoms with E-state index < -0.39 is 0 Å². The Labute approximate surface area is 125 Å². The van der Waals surface area contributed by atoms with Crippen LogP contribution in [-0.4, -0.2) is 41.3 Å². The van der Waals surface area contributed by atoms with Gasteiger partial charge < -0.3 is 10.6 Å². The molecular formula is C13H24N4S2. The summed E-state index contributed by atoms with van der Waals surface area (Å²) in [5.41, 5.74) is 0. The van der Waals surface area contributed by atoms with Gasteiger partial charge in [0.15, 0.2) is 5.16 Å². The molecule has 0 aliphatic heterocycles. The number of nitrogens with one attached hydrogen (secondary N) is 2. The predicted molar refractivity (Wildman–Crippen MR) is 88.7 cm³/mol. The zero-order valence-corrected chi connectivity index (χ0v) is 13.7. The van der Waals surface area contributed by atoms with Crippen molar-refractivity contribution < 1.29 is 0 Å². The van der Waals surface area contributed by atoms with Gasteiger partial charge in [0.1, 0.15) is 11.6 Å². The van der Waals surface area contributed by atoms with Crippen LogP contribution in [0.3, 0.4) is 0 Å². The highest BCUT2D eigenvalue weighted by atomic mass is 32.2. The molecule has 4 nitrogen and oxygen atoms in total. The first-order chi connectivity index (χ1) is 9.30. The summed E-state index contributed by atoms with van der Waals surface area (Å²) in [6.07, 6.45) is 7.91.